The summed E-state index contributed by atoms with van der Waals surface area (Å²) in [5.74, 6) is -0.959. The molecule has 0 spiro atoms. The predicted octanol–water partition coefficient (Wildman–Crippen LogP) is 4.20. The van der Waals surface area contributed by atoms with E-state index < -0.39 is 5.92 Å². The van der Waals surface area contributed by atoms with Gasteiger partial charge in [-0.05, 0) is 24.6 Å². The zero-order valence-electron chi connectivity index (χ0n) is 9.68. The Balaban J connectivity index is 2.35. The summed E-state index contributed by atoms with van der Waals surface area (Å²) in [6.07, 6.45) is 0. The largest absolute Gasteiger partial charge is 0.291 e. The molecule has 2 rings (SSSR count). The first-order valence-electron chi connectivity index (χ1n) is 5.37. The summed E-state index contributed by atoms with van der Waals surface area (Å²) in [5, 5.41) is 9.21. The Bertz CT molecular complexity index is 627. The number of aryl methyl sites for hydroxylation is 1. The number of rotatable bonds is 3. The highest BCUT2D eigenvalue weighted by Gasteiger charge is 2.23. The molecule has 0 saturated heterocycles. The summed E-state index contributed by atoms with van der Waals surface area (Å²) in [6.45, 7) is 1.93. The fraction of sp³-hybridized carbons (Fsp3) is 0.143. The maximum Gasteiger partial charge on any atom is 0.194 e. The van der Waals surface area contributed by atoms with Crippen LogP contribution in [-0.4, -0.2) is 5.78 Å². The topological polar surface area (TPSA) is 40.9 Å². The number of thiophene rings is 1. The van der Waals surface area contributed by atoms with Crippen LogP contribution < -0.4 is 0 Å². The predicted molar refractivity (Wildman–Crippen MR) is 73.2 cm³/mol. The molecular weight excluding hydrogens is 266 g/mol. The van der Waals surface area contributed by atoms with Gasteiger partial charge in [-0.1, -0.05) is 41.4 Å². The van der Waals surface area contributed by atoms with Crippen LogP contribution in [0.5, 0.6) is 0 Å². The van der Waals surface area contributed by atoms with Gasteiger partial charge in [0, 0.05) is 0 Å². The first-order chi connectivity index (χ1) is 8.61. The van der Waals surface area contributed by atoms with Crippen molar-refractivity contribution in [3.05, 3.63) is 56.7 Å². The third-order valence-corrected chi connectivity index (χ3v) is 3.83. The van der Waals surface area contributed by atoms with Crippen molar-refractivity contribution in [1.82, 2.24) is 0 Å². The highest BCUT2D eigenvalue weighted by molar-refractivity contribution is 7.18. The lowest BCUT2D eigenvalue weighted by molar-refractivity contribution is 0.0983. The van der Waals surface area contributed by atoms with Crippen molar-refractivity contribution in [2.75, 3.05) is 0 Å². The molecule has 1 aromatic heterocycles. The van der Waals surface area contributed by atoms with Crippen molar-refractivity contribution >= 4 is 28.7 Å². The lowest BCUT2D eigenvalue weighted by Gasteiger charge is -2.07. The zero-order valence-corrected chi connectivity index (χ0v) is 11.3. The van der Waals surface area contributed by atoms with Crippen molar-refractivity contribution in [2.24, 2.45) is 0 Å². The number of hydrogen-bond donors (Lipinski definition) is 0. The van der Waals surface area contributed by atoms with Crippen LogP contribution in [0.15, 0.2) is 36.4 Å². The highest BCUT2D eigenvalue weighted by atomic mass is 35.5. The van der Waals surface area contributed by atoms with E-state index in [-0.39, 0.29) is 5.78 Å². The summed E-state index contributed by atoms with van der Waals surface area (Å²) in [7, 11) is 0. The summed E-state index contributed by atoms with van der Waals surface area (Å²) >= 11 is 7.01. The Kier molecular flexibility index (Phi) is 3.81. The molecule has 1 unspecified atom stereocenters. The fourth-order valence-electron chi connectivity index (χ4n) is 1.72. The number of nitrogens with zero attached hydrogens (tertiary/aromatic N) is 1. The van der Waals surface area contributed by atoms with E-state index in [9.17, 15) is 10.1 Å². The first kappa shape index (κ1) is 12.8. The van der Waals surface area contributed by atoms with E-state index in [0.29, 0.717) is 9.21 Å². The highest BCUT2D eigenvalue weighted by Crippen LogP contribution is 2.27. The molecule has 0 radical (unpaired) electrons. The summed E-state index contributed by atoms with van der Waals surface area (Å²) < 4.78 is 0.555. The summed E-state index contributed by atoms with van der Waals surface area (Å²) in [5.41, 5.74) is 1.76. The Labute approximate surface area is 114 Å². The van der Waals surface area contributed by atoms with E-state index in [1.165, 1.54) is 11.3 Å². The monoisotopic (exact) mass is 275 g/mol. The quantitative estimate of drug-likeness (QED) is 0.788. The van der Waals surface area contributed by atoms with Gasteiger partial charge in [0.25, 0.3) is 0 Å². The van der Waals surface area contributed by atoms with Crippen molar-refractivity contribution in [1.29, 1.82) is 5.26 Å². The smallest absolute Gasteiger partial charge is 0.194 e. The number of Topliss-reactive ketones (excluding diaryl/α,β-unsaturated/α-hetero) is 1. The number of ketones is 1. The van der Waals surface area contributed by atoms with Gasteiger partial charge < -0.3 is 0 Å². The van der Waals surface area contributed by atoms with E-state index in [1.807, 2.05) is 25.1 Å². The Hall–Kier alpha value is -1.63. The number of halogens is 1. The fourth-order valence-corrected chi connectivity index (χ4v) is 2.74. The van der Waals surface area contributed by atoms with Gasteiger partial charge in [0.05, 0.1) is 15.3 Å². The molecule has 2 nitrogen and oxygen atoms in total. The van der Waals surface area contributed by atoms with Crippen molar-refractivity contribution in [3.8, 4) is 6.07 Å². The van der Waals surface area contributed by atoms with Gasteiger partial charge in [-0.15, -0.1) is 11.3 Å². The van der Waals surface area contributed by atoms with Crippen LogP contribution in [0.3, 0.4) is 0 Å². The molecule has 0 fully saturated rings. The molecule has 0 aliphatic heterocycles. The van der Waals surface area contributed by atoms with Crippen LogP contribution in [0.4, 0.5) is 0 Å². The molecule has 1 aromatic carbocycles. The van der Waals surface area contributed by atoms with Crippen molar-refractivity contribution in [2.45, 2.75) is 12.8 Å². The van der Waals surface area contributed by atoms with Crippen LogP contribution >= 0.6 is 22.9 Å². The van der Waals surface area contributed by atoms with Crippen LogP contribution in [0.2, 0.25) is 4.34 Å². The minimum atomic E-state index is -0.764. The van der Waals surface area contributed by atoms with Gasteiger partial charge in [0.2, 0.25) is 0 Å². The first-order valence-corrected chi connectivity index (χ1v) is 6.57. The van der Waals surface area contributed by atoms with E-state index in [4.69, 9.17) is 11.6 Å². The van der Waals surface area contributed by atoms with Gasteiger partial charge >= 0.3 is 0 Å². The normalized spacial score (nSPS) is 11.8. The average Bonchev–Trinajstić information content (AvgIpc) is 2.77. The lowest BCUT2D eigenvalue weighted by atomic mass is 9.94. The number of hydrogen-bond acceptors (Lipinski definition) is 3. The third kappa shape index (κ3) is 2.61. The molecule has 18 heavy (non-hydrogen) atoms. The molecule has 0 aliphatic carbocycles. The minimum absolute atomic E-state index is 0.194. The lowest BCUT2D eigenvalue weighted by Crippen LogP contribution is -2.09. The molecule has 1 heterocycles. The summed E-state index contributed by atoms with van der Waals surface area (Å²) in [4.78, 5) is 12.8. The van der Waals surface area contributed by atoms with Gasteiger partial charge in [-0.2, -0.15) is 5.26 Å². The number of nitriles is 1. The minimum Gasteiger partial charge on any atom is -0.291 e. The molecule has 90 valence electrons. The molecule has 0 aliphatic rings. The molecule has 0 bridgehead atoms. The maximum absolute atomic E-state index is 12.2. The average molecular weight is 276 g/mol. The van der Waals surface area contributed by atoms with E-state index in [0.717, 1.165) is 11.1 Å². The van der Waals surface area contributed by atoms with Crippen LogP contribution in [-0.2, 0) is 0 Å². The van der Waals surface area contributed by atoms with Crippen LogP contribution in [0.1, 0.15) is 26.7 Å². The van der Waals surface area contributed by atoms with E-state index in [1.54, 1.807) is 18.2 Å². The van der Waals surface area contributed by atoms with Crippen LogP contribution in [0, 0.1) is 18.3 Å². The molecule has 0 saturated carbocycles. The van der Waals surface area contributed by atoms with Crippen molar-refractivity contribution in [3.63, 3.8) is 0 Å². The second kappa shape index (κ2) is 5.34. The zero-order chi connectivity index (χ0) is 13.1. The third-order valence-electron chi connectivity index (χ3n) is 2.58. The van der Waals surface area contributed by atoms with Gasteiger partial charge in [-0.25, -0.2) is 0 Å². The van der Waals surface area contributed by atoms with Gasteiger partial charge in [-0.3, -0.25) is 4.79 Å². The molecule has 0 N–H and O–H groups in total. The molecule has 1 atom stereocenters. The maximum atomic E-state index is 12.2. The Morgan fingerprint density at radius 3 is 2.72 bits per heavy atom. The van der Waals surface area contributed by atoms with E-state index >= 15 is 0 Å². The number of benzene rings is 1. The van der Waals surface area contributed by atoms with Gasteiger partial charge in [0.15, 0.2) is 5.78 Å². The van der Waals surface area contributed by atoms with Crippen molar-refractivity contribution < 1.29 is 4.79 Å². The second-order valence-corrected chi connectivity index (χ2v) is 5.66. The standard InChI is InChI=1S/C14H10ClNOS/c1-9-3-2-4-10(7-9)11(8-16)14(17)12-5-6-13(15)18-12/h2-7,11H,1H3. The Morgan fingerprint density at radius 2 is 2.17 bits per heavy atom. The second-order valence-electron chi connectivity index (χ2n) is 3.94. The SMILES string of the molecule is Cc1cccc(C(C#N)C(=O)c2ccc(Cl)s2)c1. The van der Waals surface area contributed by atoms with Crippen LogP contribution in [0.25, 0.3) is 0 Å². The molecule has 2 aromatic rings. The summed E-state index contributed by atoms with van der Waals surface area (Å²) in [6, 6.07) is 12.8. The number of carbonyl (C=O) groups is 1. The number of carbonyl (C=O) groups excluding carboxylic acids is 1. The molecule has 0 amide bonds. The Morgan fingerprint density at radius 1 is 1.39 bits per heavy atom. The molecular formula is C14H10ClNOS. The molecule has 4 heteroatoms. The van der Waals surface area contributed by atoms with Gasteiger partial charge in [0.1, 0.15) is 5.92 Å². The van der Waals surface area contributed by atoms with E-state index in [2.05, 4.69) is 6.07 Å².